The molecule has 3 aromatic rings. The van der Waals surface area contributed by atoms with Gasteiger partial charge < -0.3 is 10.6 Å². The molecule has 1 aromatic carbocycles. The van der Waals surface area contributed by atoms with Crippen LogP contribution in [-0.4, -0.2) is 21.7 Å². The van der Waals surface area contributed by atoms with Gasteiger partial charge in [-0.15, -0.1) is 11.3 Å². The van der Waals surface area contributed by atoms with Crippen molar-refractivity contribution in [3.05, 3.63) is 64.6 Å². The minimum Gasteiger partial charge on any atom is -0.324 e. The molecule has 0 atom stereocenters. The van der Waals surface area contributed by atoms with Crippen molar-refractivity contribution in [3.8, 4) is 0 Å². The molecule has 7 heteroatoms. The van der Waals surface area contributed by atoms with Crippen molar-refractivity contribution < 1.29 is 9.59 Å². The number of hydrogen-bond donors (Lipinski definition) is 2. The smallest absolute Gasteiger partial charge is 0.265 e. The highest BCUT2D eigenvalue weighted by Crippen LogP contribution is 2.19. The molecule has 0 saturated carbocycles. The number of thiophene rings is 1. The second-order valence-electron chi connectivity index (χ2n) is 4.98. The van der Waals surface area contributed by atoms with Crippen molar-refractivity contribution in [2.24, 2.45) is 0 Å². The third kappa shape index (κ3) is 3.82. The van der Waals surface area contributed by atoms with Crippen molar-refractivity contribution >= 4 is 40.4 Å². The van der Waals surface area contributed by atoms with E-state index in [1.807, 2.05) is 12.1 Å². The van der Waals surface area contributed by atoms with Gasteiger partial charge in [0.1, 0.15) is 0 Å². The van der Waals surface area contributed by atoms with Crippen LogP contribution in [0.2, 0.25) is 0 Å². The van der Waals surface area contributed by atoms with Crippen molar-refractivity contribution in [3.63, 3.8) is 0 Å². The number of anilines is 3. The van der Waals surface area contributed by atoms with E-state index in [1.54, 1.807) is 42.0 Å². The maximum atomic E-state index is 12.2. The van der Waals surface area contributed by atoms with Crippen LogP contribution in [0.4, 0.5) is 17.3 Å². The first kappa shape index (κ1) is 15.8. The van der Waals surface area contributed by atoms with Gasteiger partial charge in [-0.25, -0.2) is 9.97 Å². The summed E-state index contributed by atoms with van der Waals surface area (Å²) in [4.78, 5) is 32.1. The Morgan fingerprint density at radius 2 is 1.71 bits per heavy atom. The Morgan fingerprint density at radius 1 is 1.04 bits per heavy atom. The summed E-state index contributed by atoms with van der Waals surface area (Å²) in [5.74, 6) is 0.216. The van der Waals surface area contributed by atoms with Gasteiger partial charge >= 0.3 is 0 Å². The minimum absolute atomic E-state index is 0.0520. The summed E-state index contributed by atoms with van der Waals surface area (Å²) in [6, 6.07) is 10.5. The summed E-state index contributed by atoms with van der Waals surface area (Å²) in [6.45, 7) is 1.48. The number of amides is 1. The van der Waals surface area contributed by atoms with Crippen LogP contribution in [0.3, 0.4) is 0 Å². The fourth-order valence-electron chi connectivity index (χ4n) is 1.96. The SMILES string of the molecule is CC(=O)c1csc(C(=O)Nc2ccc(Nc3ncccn3)cc2)c1. The predicted octanol–water partition coefficient (Wildman–Crippen LogP) is 3.74. The van der Waals surface area contributed by atoms with Crippen LogP contribution >= 0.6 is 11.3 Å². The van der Waals surface area contributed by atoms with Gasteiger partial charge in [-0.2, -0.15) is 0 Å². The highest BCUT2D eigenvalue weighted by molar-refractivity contribution is 7.12. The van der Waals surface area contributed by atoms with Crippen LogP contribution in [0.5, 0.6) is 0 Å². The first-order chi connectivity index (χ1) is 11.6. The van der Waals surface area contributed by atoms with Gasteiger partial charge in [0.05, 0.1) is 4.88 Å². The fourth-order valence-corrected chi connectivity index (χ4v) is 2.80. The van der Waals surface area contributed by atoms with E-state index >= 15 is 0 Å². The molecule has 0 spiro atoms. The molecule has 0 saturated heterocycles. The molecule has 3 rings (SSSR count). The predicted molar refractivity (Wildman–Crippen MR) is 94.0 cm³/mol. The Hall–Kier alpha value is -3.06. The summed E-state index contributed by atoms with van der Waals surface area (Å²) in [5.41, 5.74) is 2.03. The maximum Gasteiger partial charge on any atom is 0.265 e. The Labute approximate surface area is 142 Å². The summed E-state index contributed by atoms with van der Waals surface area (Å²) in [6.07, 6.45) is 3.31. The van der Waals surface area contributed by atoms with E-state index < -0.39 is 0 Å². The third-order valence-electron chi connectivity index (χ3n) is 3.19. The molecule has 0 radical (unpaired) electrons. The number of carbonyl (C=O) groups excluding carboxylic acids is 2. The fraction of sp³-hybridized carbons (Fsp3) is 0.0588. The highest BCUT2D eigenvalue weighted by atomic mass is 32.1. The van der Waals surface area contributed by atoms with E-state index in [0.29, 0.717) is 22.1 Å². The quantitative estimate of drug-likeness (QED) is 0.692. The van der Waals surface area contributed by atoms with E-state index in [4.69, 9.17) is 0 Å². The molecular formula is C17H14N4O2S. The summed E-state index contributed by atoms with van der Waals surface area (Å²) in [7, 11) is 0. The minimum atomic E-state index is -0.236. The van der Waals surface area contributed by atoms with Crippen LogP contribution in [-0.2, 0) is 0 Å². The van der Waals surface area contributed by atoms with Crippen molar-refractivity contribution in [1.29, 1.82) is 0 Å². The monoisotopic (exact) mass is 338 g/mol. The molecular weight excluding hydrogens is 324 g/mol. The van der Waals surface area contributed by atoms with Crippen LogP contribution in [0.15, 0.2) is 54.2 Å². The lowest BCUT2D eigenvalue weighted by Gasteiger charge is -2.07. The van der Waals surface area contributed by atoms with Gasteiger partial charge in [-0.05, 0) is 43.3 Å². The Balaban J connectivity index is 1.65. The van der Waals surface area contributed by atoms with Crippen molar-refractivity contribution in [1.82, 2.24) is 9.97 Å². The molecule has 0 bridgehead atoms. The molecule has 2 heterocycles. The van der Waals surface area contributed by atoms with E-state index in [-0.39, 0.29) is 11.7 Å². The molecule has 1 amide bonds. The Bertz CT molecular complexity index is 860. The molecule has 2 aromatic heterocycles. The zero-order valence-electron chi connectivity index (χ0n) is 12.8. The summed E-state index contributed by atoms with van der Waals surface area (Å²) >= 11 is 1.25. The van der Waals surface area contributed by atoms with Crippen molar-refractivity contribution in [2.75, 3.05) is 10.6 Å². The first-order valence-corrected chi connectivity index (χ1v) is 8.05. The lowest BCUT2D eigenvalue weighted by Crippen LogP contribution is -2.10. The van der Waals surface area contributed by atoms with E-state index in [0.717, 1.165) is 5.69 Å². The lowest BCUT2D eigenvalue weighted by atomic mass is 10.2. The number of hydrogen-bond acceptors (Lipinski definition) is 6. The summed E-state index contributed by atoms with van der Waals surface area (Å²) < 4.78 is 0. The van der Waals surface area contributed by atoms with Crippen LogP contribution in [0, 0.1) is 0 Å². The van der Waals surface area contributed by atoms with Crippen LogP contribution in [0.1, 0.15) is 27.0 Å². The Kier molecular flexibility index (Phi) is 4.62. The van der Waals surface area contributed by atoms with Crippen LogP contribution in [0.25, 0.3) is 0 Å². The average molecular weight is 338 g/mol. The molecule has 0 aliphatic heterocycles. The molecule has 120 valence electrons. The number of rotatable bonds is 5. The van der Waals surface area contributed by atoms with E-state index in [1.165, 1.54) is 18.3 Å². The molecule has 0 unspecified atom stereocenters. The molecule has 0 fully saturated rings. The van der Waals surface area contributed by atoms with E-state index in [2.05, 4.69) is 20.6 Å². The number of ketones is 1. The highest BCUT2D eigenvalue weighted by Gasteiger charge is 2.11. The lowest BCUT2D eigenvalue weighted by molar-refractivity contribution is 0.101. The standard InChI is InChI=1S/C17H14N4O2S/c1-11(22)12-9-15(24-10-12)16(23)20-13-3-5-14(6-4-13)21-17-18-7-2-8-19-17/h2-10H,1H3,(H,20,23)(H,18,19,21). The van der Waals surface area contributed by atoms with Gasteiger partial charge in [0, 0.05) is 34.7 Å². The molecule has 6 nitrogen and oxygen atoms in total. The second-order valence-corrected chi connectivity index (χ2v) is 5.90. The van der Waals surface area contributed by atoms with Gasteiger partial charge in [0.2, 0.25) is 5.95 Å². The van der Waals surface area contributed by atoms with Crippen LogP contribution < -0.4 is 10.6 Å². The van der Waals surface area contributed by atoms with E-state index in [9.17, 15) is 9.59 Å². The maximum absolute atomic E-state index is 12.2. The molecule has 0 aliphatic carbocycles. The number of Topliss-reactive ketones (excluding diaryl/α,β-unsaturated/α-hetero) is 1. The van der Waals surface area contributed by atoms with Gasteiger partial charge in [-0.1, -0.05) is 0 Å². The number of benzene rings is 1. The van der Waals surface area contributed by atoms with Gasteiger partial charge in [0.15, 0.2) is 5.78 Å². The normalized spacial score (nSPS) is 10.2. The Morgan fingerprint density at radius 3 is 2.33 bits per heavy atom. The molecule has 2 N–H and O–H groups in total. The number of nitrogens with zero attached hydrogens (tertiary/aromatic N) is 2. The topological polar surface area (TPSA) is 84.0 Å². The number of aromatic nitrogens is 2. The first-order valence-electron chi connectivity index (χ1n) is 7.17. The zero-order chi connectivity index (χ0) is 16.9. The largest absolute Gasteiger partial charge is 0.324 e. The van der Waals surface area contributed by atoms with Gasteiger partial charge in [0.25, 0.3) is 5.91 Å². The van der Waals surface area contributed by atoms with Crippen molar-refractivity contribution in [2.45, 2.75) is 6.92 Å². The zero-order valence-corrected chi connectivity index (χ0v) is 13.6. The molecule has 24 heavy (non-hydrogen) atoms. The third-order valence-corrected chi connectivity index (χ3v) is 4.12. The number of carbonyl (C=O) groups is 2. The molecule has 0 aliphatic rings. The van der Waals surface area contributed by atoms with Gasteiger partial charge in [-0.3, -0.25) is 9.59 Å². The second kappa shape index (κ2) is 7.01. The number of nitrogens with one attached hydrogen (secondary N) is 2. The summed E-state index contributed by atoms with van der Waals surface area (Å²) in [5, 5.41) is 7.55. The average Bonchev–Trinajstić information content (AvgIpc) is 3.08.